The number of amides is 1. The zero-order chi connectivity index (χ0) is 20.1. The first-order chi connectivity index (χ1) is 14.2. The number of rotatable bonds is 6. The third kappa shape index (κ3) is 4.50. The first kappa shape index (κ1) is 18.4. The van der Waals surface area contributed by atoms with Crippen LogP contribution in [0.5, 0.6) is 5.75 Å². The summed E-state index contributed by atoms with van der Waals surface area (Å²) in [5, 5.41) is 6.87. The van der Waals surface area contributed by atoms with Gasteiger partial charge >= 0.3 is 0 Å². The van der Waals surface area contributed by atoms with Crippen molar-refractivity contribution in [2.45, 2.75) is 6.92 Å². The summed E-state index contributed by atoms with van der Waals surface area (Å²) in [6.45, 7) is 1.86. The van der Waals surface area contributed by atoms with Crippen molar-refractivity contribution in [1.82, 2.24) is 10.1 Å². The number of carbonyl (C=O) groups is 1. The number of nitrogens with one attached hydrogen (secondary N) is 1. The molecule has 6 heteroatoms. The molecule has 0 radical (unpaired) electrons. The SMILES string of the molecule is Cc1ccc(NC(=O)COc2ccccc2-c2noc(-c3ccccc3)n2)cc1. The Balaban J connectivity index is 1.47. The van der Waals surface area contributed by atoms with Gasteiger partial charge in [-0.2, -0.15) is 4.98 Å². The third-order valence-electron chi connectivity index (χ3n) is 4.27. The van der Waals surface area contributed by atoms with E-state index < -0.39 is 0 Å². The van der Waals surface area contributed by atoms with Gasteiger partial charge in [-0.1, -0.05) is 53.2 Å². The predicted molar refractivity (Wildman–Crippen MR) is 110 cm³/mol. The molecule has 4 aromatic rings. The van der Waals surface area contributed by atoms with Gasteiger partial charge in [0.05, 0.1) is 5.56 Å². The summed E-state index contributed by atoms with van der Waals surface area (Å²) >= 11 is 0. The van der Waals surface area contributed by atoms with Crippen LogP contribution in [-0.4, -0.2) is 22.7 Å². The van der Waals surface area contributed by atoms with E-state index in [1.165, 1.54) is 0 Å². The lowest BCUT2D eigenvalue weighted by Crippen LogP contribution is -2.20. The van der Waals surface area contributed by atoms with E-state index in [4.69, 9.17) is 9.26 Å². The molecule has 0 aliphatic heterocycles. The maximum Gasteiger partial charge on any atom is 0.262 e. The van der Waals surface area contributed by atoms with E-state index in [0.29, 0.717) is 23.0 Å². The van der Waals surface area contributed by atoms with Gasteiger partial charge in [0.15, 0.2) is 6.61 Å². The second-order valence-corrected chi connectivity index (χ2v) is 6.49. The molecule has 0 fully saturated rings. The summed E-state index contributed by atoms with van der Waals surface area (Å²) in [6.07, 6.45) is 0. The van der Waals surface area contributed by atoms with Crippen LogP contribution in [0.1, 0.15) is 5.56 Å². The van der Waals surface area contributed by atoms with Crippen molar-refractivity contribution >= 4 is 11.6 Å². The molecule has 3 aromatic carbocycles. The Labute approximate surface area is 168 Å². The summed E-state index contributed by atoms with van der Waals surface area (Å²) in [5.74, 6) is 1.08. The highest BCUT2D eigenvalue weighted by Crippen LogP contribution is 2.29. The normalized spacial score (nSPS) is 10.5. The monoisotopic (exact) mass is 385 g/mol. The Bertz CT molecular complexity index is 1110. The van der Waals surface area contributed by atoms with E-state index in [2.05, 4.69) is 15.5 Å². The predicted octanol–water partition coefficient (Wildman–Crippen LogP) is 4.73. The molecule has 0 saturated carbocycles. The van der Waals surface area contributed by atoms with Crippen molar-refractivity contribution in [3.8, 4) is 28.6 Å². The number of aromatic nitrogens is 2. The fourth-order valence-corrected chi connectivity index (χ4v) is 2.79. The van der Waals surface area contributed by atoms with Crippen molar-refractivity contribution in [1.29, 1.82) is 0 Å². The number of hydrogen-bond acceptors (Lipinski definition) is 5. The molecule has 1 aromatic heterocycles. The average molecular weight is 385 g/mol. The number of carbonyl (C=O) groups excluding carboxylic acids is 1. The van der Waals surface area contributed by atoms with E-state index in [1.54, 1.807) is 6.07 Å². The maximum atomic E-state index is 12.2. The highest BCUT2D eigenvalue weighted by molar-refractivity contribution is 5.92. The topological polar surface area (TPSA) is 77.2 Å². The summed E-state index contributed by atoms with van der Waals surface area (Å²) in [7, 11) is 0. The molecular weight excluding hydrogens is 366 g/mol. The maximum absolute atomic E-state index is 12.2. The Morgan fingerprint density at radius 3 is 2.48 bits per heavy atom. The molecule has 1 heterocycles. The van der Waals surface area contributed by atoms with Crippen LogP contribution in [0.25, 0.3) is 22.8 Å². The number of hydrogen-bond donors (Lipinski definition) is 1. The second kappa shape index (κ2) is 8.39. The first-order valence-electron chi connectivity index (χ1n) is 9.17. The van der Waals surface area contributed by atoms with Gasteiger partial charge in [0.1, 0.15) is 5.75 Å². The van der Waals surface area contributed by atoms with Gasteiger partial charge in [-0.05, 0) is 43.3 Å². The summed E-state index contributed by atoms with van der Waals surface area (Å²) in [4.78, 5) is 16.7. The lowest BCUT2D eigenvalue weighted by molar-refractivity contribution is -0.118. The molecular formula is C23H19N3O3. The van der Waals surface area contributed by atoms with Gasteiger partial charge in [-0.15, -0.1) is 0 Å². The van der Waals surface area contributed by atoms with Crippen molar-refractivity contribution < 1.29 is 14.1 Å². The molecule has 0 spiro atoms. The molecule has 6 nitrogen and oxygen atoms in total. The average Bonchev–Trinajstić information content (AvgIpc) is 3.25. The van der Waals surface area contributed by atoms with Crippen LogP contribution < -0.4 is 10.1 Å². The molecule has 4 rings (SSSR count). The minimum Gasteiger partial charge on any atom is -0.483 e. The minimum absolute atomic E-state index is 0.131. The fraction of sp³-hybridized carbons (Fsp3) is 0.0870. The Hall–Kier alpha value is -3.93. The fourth-order valence-electron chi connectivity index (χ4n) is 2.79. The molecule has 0 saturated heterocycles. The van der Waals surface area contributed by atoms with Crippen molar-refractivity contribution in [2.75, 3.05) is 11.9 Å². The number of para-hydroxylation sites is 1. The zero-order valence-corrected chi connectivity index (χ0v) is 15.8. The molecule has 144 valence electrons. The van der Waals surface area contributed by atoms with Crippen LogP contribution >= 0.6 is 0 Å². The van der Waals surface area contributed by atoms with E-state index in [0.717, 1.165) is 16.8 Å². The van der Waals surface area contributed by atoms with Crippen LogP contribution in [0, 0.1) is 6.92 Å². The quantitative estimate of drug-likeness (QED) is 0.519. The van der Waals surface area contributed by atoms with Crippen LogP contribution in [0.3, 0.4) is 0 Å². The van der Waals surface area contributed by atoms with Crippen LogP contribution in [0.2, 0.25) is 0 Å². The highest BCUT2D eigenvalue weighted by Gasteiger charge is 2.15. The number of aryl methyl sites for hydroxylation is 1. The van der Waals surface area contributed by atoms with Gasteiger partial charge < -0.3 is 14.6 Å². The van der Waals surface area contributed by atoms with Crippen molar-refractivity contribution in [3.63, 3.8) is 0 Å². The first-order valence-corrected chi connectivity index (χ1v) is 9.17. The number of ether oxygens (including phenoxy) is 1. The molecule has 0 atom stereocenters. The van der Waals surface area contributed by atoms with E-state index in [9.17, 15) is 4.79 Å². The summed E-state index contributed by atoms with van der Waals surface area (Å²) in [5.41, 5.74) is 3.34. The van der Waals surface area contributed by atoms with Crippen LogP contribution in [0.15, 0.2) is 83.4 Å². The smallest absolute Gasteiger partial charge is 0.262 e. The van der Waals surface area contributed by atoms with Crippen LogP contribution in [0.4, 0.5) is 5.69 Å². The molecule has 1 N–H and O–H groups in total. The Morgan fingerprint density at radius 1 is 0.966 bits per heavy atom. The lowest BCUT2D eigenvalue weighted by Gasteiger charge is -2.10. The molecule has 0 aliphatic carbocycles. The molecule has 1 amide bonds. The van der Waals surface area contributed by atoms with Crippen molar-refractivity contribution in [3.05, 3.63) is 84.4 Å². The van der Waals surface area contributed by atoms with E-state index in [-0.39, 0.29) is 12.5 Å². The Kier molecular flexibility index (Phi) is 5.33. The molecule has 0 aliphatic rings. The minimum atomic E-state index is -0.248. The van der Waals surface area contributed by atoms with Gasteiger partial charge in [0.2, 0.25) is 5.82 Å². The summed E-state index contributed by atoms with van der Waals surface area (Å²) < 4.78 is 11.1. The zero-order valence-electron chi connectivity index (χ0n) is 15.8. The number of benzene rings is 3. The van der Waals surface area contributed by atoms with Crippen LogP contribution in [-0.2, 0) is 4.79 Å². The summed E-state index contributed by atoms with van der Waals surface area (Å²) in [6, 6.07) is 24.4. The van der Waals surface area contributed by atoms with Gasteiger partial charge in [0.25, 0.3) is 11.8 Å². The van der Waals surface area contributed by atoms with E-state index in [1.807, 2.05) is 79.7 Å². The third-order valence-corrected chi connectivity index (χ3v) is 4.27. The number of nitrogens with zero attached hydrogens (tertiary/aromatic N) is 2. The Morgan fingerprint density at radius 2 is 1.69 bits per heavy atom. The largest absolute Gasteiger partial charge is 0.483 e. The van der Waals surface area contributed by atoms with Gasteiger partial charge in [-0.25, -0.2) is 0 Å². The van der Waals surface area contributed by atoms with Gasteiger partial charge in [0, 0.05) is 11.3 Å². The molecule has 0 unspecified atom stereocenters. The van der Waals surface area contributed by atoms with E-state index >= 15 is 0 Å². The number of anilines is 1. The van der Waals surface area contributed by atoms with Crippen molar-refractivity contribution in [2.24, 2.45) is 0 Å². The standard InChI is InChI=1S/C23H19N3O3/c1-16-11-13-18(14-12-16)24-21(27)15-28-20-10-6-5-9-19(20)22-25-23(29-26-22)17-7-3-2-4-8-17/h2-14H,15H2,1H3,(H,24,27). The van der Waals surface area contributed by atoms with Gasteiger partial charge in [-0.3, -0.25) is 4.79 Å². The molecule has 29 heavy (non-hydrogen) atoms. The lowest BCUT2D eigenvalue weighted by atomic mass is 10.2. The molecule has 0 bridgehead atoms. The second-order valence-electron chi connectivity index (χ2n) is 6.49. The highest BCUT2D eigenvalue weighted by atomic mass is 16.5.